The summed E-state index contributed by atoms with van der Waals surface area (Å²) in [6.45, 7) is 10.5. The Labute approximate surface area is 226 Å². The number of amides is 1. The van der Waals surface area contributed by atoms with E-state index >= 15 is 0 Å². The molecule has 0 radical (unpaired) electrons. The summed E-state index contributed by atoms with van der Waals surface area (Å²) >= 11 is 0. The molecule has 0 spiro atoms. The molecule has 0 unspecified atom stereocenters. The number of nitrogens with zero attached hydrogens (tertiary/aromatic N) is 9. The Bertz CT molecular complexity index is 1560. The number of fused-ring (bicyclic) bond motifs is 1. The van der Waals surface area contributed by atoms with Gasteiger partial charge in [0, 0.05) is 59.6 Å². The molecular weight excluding hydrogens is 496 g/mol. The molecule has 12 heteroatoms. The lowest BCUT2D eigenvalue weighted by Gasteiger charge is -2.38. The molecule has 4 aromatic rings. The molecular formula is C27H32N10O2. The SMILES string of the molecule is CC(C)Nc1cc(-n2ncc3cc(C#N)cnc32)ncc1-c1cn([C@@H]2CCN(C(=O)C(C)(C)C)C[C@@H]2O)nn1. The number of carbonyl (C=O) groups excluding carboxylic acids is 1. The molecule has 1 aliphatic heterocycles. The lowest BCUT2D eigenvalue weighted by molar-refractivity contribution is -0.143. The van der Waals surface area contributed by atoms with Crippen molar-refractivity contribution in [2.75, 3.05) is 18.4 Å². The summed E-state index contributed by atoms with van der Waals surface area (Å²) in [5.41, 5.74) is 2.73. The van der Waals surface area contributed by atoms with Crippen molar-refractivity contribution in [2.24, 2.45) is 5.41 Å². The van der Waals surface area contributed by atoms with Crippen molar-refractivity contribution in [2.45, 2.75) is 59.2 Å². The lowest BCUT2D eigenvalue weighted by atomic mass is 9.92. The van der Waals surface area contributed by atoms with Crippen molar-refractivity contribution in [3.8, 4) is 23.1 Å². The van der Waals surface area contributed by atoms with Crippen LogP contribution in [0.25, 0.3) is 28.1 Å². The van der Waals surface area contributed by atoms with Gasteiger partial charge in [-0.3, -0.25) is 4.79 Å². The molecule has 1 aliphatic rings. The summed E-state index contributed by atoms with van der Waals surface area (Å²) in [7, 11) is 0. The first kappa shape index (κ1) is 26.2. The van der Waals surface area contributed by atoms with E-state index in [-0.39, 0.29) is 24.5 Å². The van der Waals surface area contributed by atoms with E-state index in [1.54, 1.807) is 32.7 Å². The molecule has 2 N–H and O–H groups in total. The molecule has 0 aliphatic carbocycles. The average molecular weight is 529 g/mol. The Kier molecular flexibility index (Phi) is 6.78. The van der Waals surface area contributed by atoms with Crippen molar-refractivity contribution in [1.82, 2.24) is 39.6 Å². The minimum absolute atomic E-state index is 0.0282. The van der Waals surface area contributed by atoms with Crippen LogP contribution in [0.5, 0.6) is 0 Å². The molecule has 4 aromatic heterocycles. The molecule has 0 aromatic carbocycles. The molecule has 5 heterocycles. The second kappa shape index (κ2) is 10.1. The average Bonchev–Trinajstić information content (AvgIpc) is 3.54. The van der Waals surface area contributed by atoms with Crippen LogP contribution < -0.4 is 5.32 Å². The van der Waals surface area contributed by atoms with Crippen LogP contribution in [0.4, 0.5) is 5.69 Å². The van der Waals surface area contributed by atoms with Gasteiger partial charge in [-0.05, 0) is 26.3 Å². The number of β-amino-alcohol motifs (C(OH)–C–C–N with tert-alkyl or cyclic N) is 1. The minimum atomic E-state index is -0.754. The summed E-state index contributed by atoms with van der Waals surface area (Å²) in [5, 5.41) is 37.4. The van der Waals surface area contributed by atoms with Crippen LogP contribution >= 0.6 is 0 Å². The number of pyridine rings is 2. The van der Waals surface area contributed by atoms with Gasteiger partial charge in [-0.1, -0.05) is 26.0 Å². The maximum atomic E-state index is 12.7. The molecule has 5 rings (SSSR count). The number of hydrogen-bond donors (Lipinski definition) is 2. The van der Waals surface area contributed by atoms with Crippen LogP contribution in [0.1, 0.15) is 52.6 Å². The second-order valence-corrected chi connectivity index (χ2v) is 11.2. The highest BCUT2D eigenvalue weighted by Gasteiger charge is 2.36. The molecule has 1 amide bonds. The zero-order chi connectivity index (χ0) is 27.9. The number of aliphatic hydroxyl groups excluding tert-OH is 1. The van der Waals surface area contributed by atoms with Gasteiger partial charge in [0.15, 0.2) is 11.5 Å². The van der Waals surface area contributed by atoms with Crippen molar-refractivity contribution < 1.29 is 9.90 Å². The quantitative estimate of drug-likeness (QED) is 0.398. The number of anilines is 1. The number of aliphatic hydroxyl groups is 1. The maximum absolute atomic E-state index is 12.7. The molecule has 202 valence electrons. The van der Waals surface area contributed by atoms with Crippen molar-refractivity contribution in [3.63, 3.8) is 0 Å². The molecule has 2 atom stereocenters. The van der Waals surface area contributed by atoms with Crippen LogP contribution in [-0.4, -0.2) is 75.9 Å². The number of rotatable bonds is 5. The monoisotopic (exact) mass is 528 g/mol. The topological polar surface area (TPSA) is 151 Å². The molecule has 39 heavy (non-hydrogen) atoms. The largest absolute Gasteiger partial charge is 0.389 e. The summed E-state index contributed by atoms with van der Waals surface area (Å²) < 4.78 is 3.31. The summed E-state index contributed by atoms with van der Waals surface area (Å²) in [6, 6.07) is 5.56. The zero-order valence-corrected chi connectivity index (χ0v) is 22.7. The third-order valence-corrected chi connectivity index (χ3v) is 6.69. The predicted octanol–water partition coefficient (Wildman–Crippen LogP) is 2.95. The maximum Gasteiger partial charge on any atom is 0.228 e. The summed E-state index contributed by atoms with van der Waals surface area (Å²) in [4.78, 5) is 23.4. The highest BCUT2D eigenvalue weighted by Crippen LogP contribution is 2.31. The van der Waals surface area contributed by atoms with Crippen LogP contribution in [0, 0.1) is 16.7 Å². The van der Waals surface area contributed by atoms with Crippen molar-refractivity contribution in [1.29, 1.82) is 5.26 Å². The number of carbonyl (C=O) groups is 1. The van der Waals surface area contributed by atoms with E-state index in [0.717, 1.165) is 16.6 Å². The van der Waals surface area contributed by atoms with Crippen LogP contribution in [0.2, 0.25) is 0 Å². The van der Waals surface area contributed by atoms with Gasteiger partial charge in [0.1, 0.15) is 11.8 Å². The number of aromatic nitrogens is 7. The van der Waals surface area contributed by atoms with Gasteiger partial charge in [-0.2, -0.15) is 15.0 Å². The molecule has 1 saturated heterocycles. The van der Waals surface area contributed by atoms with E-state index in [2.05, 4.69) is 36.8 Å². The highest BCUT2D eigenvalue weighted by molar-refractivity contribution is 5.82. The zero-order valence-electron chi connectivity index (χ0n) is 22.7. The Morgan fingerprint density at radius 2 is 2.00 bits per heavy atom. The first-order valence-electron chi connectivity index (χ1n) is 13.0. The Morgan fingerprint density at radius 1 is 1.21 bits per heavy atom. The minimum Gasteiger partial charge on any atom is -0.389 e. The standard InChI is InChI=1S/C27H32N10O2/c1-16(2)32-20-9-24(37-25-18(12-31-37)8-17(10-28)11-30-25)29-13-19(20)21-14-36(34-33-21)22-6-7-35(15-23(22)38)26(39)27(3,4)5/h8-9,11-14,16,22-23,38H,6-7,15H2,1-5H3,(H,29,32)/t22-,23+/m1/s1. The molecule has 12 nitrogen and oxygen atoms in total. The van der Waals surface area contributed by atoms with E-state index < -0.39 is 11.5 Å². The summed E-state index contributed by atoms with van der Waals surface area (Å²) in [6.07, 6.45) is 6.52. The number of likely N-dealkylation sites (tertiary alicyclic amines) is 1. The fraction of sp³-hybridized carbons (Fsp3) is 0.444. The molecule has 0 bridgehead atoms. The molecule has 1 fully saturated rings. The smallest absolute Gasteiger partial charge is 0.228 e. The normalized spacial score (nSPS) is 17.9. The number of piperidine rings is 1. The van der Waals surface area contributed by atoms with E-state index in [1.165, 1.54) is 6.20 Å². The van der Waals surface area contributed by atoms with Crippen molar-refractivity contribution in [3.05, 3.63) is 42.5 Å². The Hall–Kier alpha value is -4.37. The predicted molar refractivity (Wildman–Crippen MR) is 145 cm³/mol. The number of hydrogen-bond acceptors (Lipinski definition) is 9. The van der Waals surface area contributed by atoms with Gasteiger partial charge >= 0.3 is 0 Å². The first-order valence-corrected chi connectivity index (χ1v) is 13.0. The van der Waals surface area contributed by atoms with Gasteiger partial charge < -0.3 is 15.3 Å². The van der Waals surface area contributed by atoms with Crippen LogP contribution in [0.3, 0.4) is 0 Å². The third-order valence-electron chi connectivity index (χ3n) is 6.69. The lowest BCUT2D eigenvalue weighted by Crippen LogP contribution is -2.50. The fourth-order valence-electron chi connectivity index (χ4n) is 4.79. The Morgan fingerprint density at radius 3 is 2.69 bits per heavy atom. The highest BCUT2D eigenvalue weighted by atomic mass is 16.3. The van der Waals surface area contributed by atoms with E-state index in [4.69, 9.17) is 5.26 Å². The van der Waals surface area contributed by atoms with E-state index in [0.29, 0.717) is 35.7 Å². The number of nitrogens with one attached hydrogen (secondary N) is 1. The van der Waals surface area contributed by atoms with Crippen LogP contribution in [-0.2, 0) is 4.79 Å². The van der Waals surface area contributed by atoms with Gasteiger partial charge in [0.05, 0.1) is 30.1 Å². The van der Waals surface area contributed by atoms with Gasteiger partial charge in [0.2, 0.25) is 5.91 Å². The van der Waals surface area contributed by atoms with E-state index in [1.807, 2.05) is 46.9 Å². The number of nitriles is 1. The van der Waals surface area contributed by atoms with Crippen LogP contribution in [0.15, 0.2) is 36.9 Å². The van der Waals surface area contributed by atoms with Crippen molar-refractivity contribution >= 4 is 22.6 Å². The van der Waals surface area contributed by atoms with Gasteiger partial charge in [-0.15, -0.1) is 5.10 Å². The first-order chi connectivity index (χ1) is 18.5. The second-order valence-electron chi connectivity index (χ2n) is 11.2. The van der Waals surface area contributed by atoms with E-state index in [9.17, 15) is 9.90 Å². The van der Waals surface area contributed by atoms with Gasteiger partial charge in [0.25, 0.3) is 0 Å². The van der Waals surface area contributed by atoms with Gasteiger partial charge in [-0.25, -0.2) is 14.6 Å². The Balaban J connectivity index is 1.43. The molecule has 0 saturated carbocycles. The fourth-order valence-corrected chi connectivity index (χ4v) is 4.79. The third kappa shape index (κ3) is 5.18. The summed E-state index contributed by atoms with van der Waals surface area (Å²) in [5.74, 6) is 0.591.